The van der Waals surface area contributed by atoms with Crippen LogP contribution in [0.1, 0.15) is 10.4 Å². The first kappa shape index (κ1) is 16.4. The Hall–Kier alpha value is -1.70. The number of carbonyl (C=O) groups is 1. The van der Waals surface area contributed by atoms with E-state index in [4.69, 9.17) is 24.1 Å². The van der Waals surface area contributed by atoms with E-state index in [-0.39, 0.29) is 17.9 Å². The number of nitrogens with zero attached hydrogens (tertiary/aromatic N) is 1. The first-order valence-corrected chi connectivity index (χ1v) is 6.20. The lowest BCUT2D eigenvalue weighted by Gasteiger charge is -2.09. The Morgan fingerprint density at radius 3 is 2.45 bits per heavy atom. The van der Waals surface area contributed by atoms with Crippen LogP contribution in [-0.4, -0.2) is 62.8 Å². The van der Waals surface area contributed by atoms with Crippen molar-refractivity contribution in [1.82, 2.24) is 4.98 Å². The molecule has 0 saturated carbocycles. The molecule has 1 aromatic heterocycles. The second-order valence-electron chi connectivity index (χ2n) is 3.74. The van der Waals surface area contributed by atoms with Gasteiger partial charge in [-0.2, -0.15) is 0 Å². The lowest BCUT2D eigenvalue weighted by atomic mass is 10.2. The molecule has 0 amide bonds. The topological polar surface area (TPSA) is 87.1 Å². The molecular weight excluding hydrogens is 266 g/mol. The summed E-state index contributed by atoms with van der Waals surface area (Å²) >= 11 is 0. The molecule has 0 radical (unpaired) electrons. The zero-order valence-electron chi connectivity index (χ0n) is 11.4. The fraction of sp³-hybridized carbons (Fsp3) is 0.538. The highest BCUT2D eigenvalue weighted by Gasteiger charge is 2.10. The van der Waals surface area contributed by atoms with Crippen LogP contribution in [0.2, 0.25) is 0 Å². The summed E-state index contributed by atoms with van der Waals surface area (Å²) in [7, 11) is 1.61. The molecule has 1 heterocycles. The summed E-state index contributed by atoms with van der Waals surface area (Å²) in [6.45, 7) is 2.63. The van der Waals surface area contributed by atoms with E-state index in [9.17, 15) is 4.79 Å². The van der Waals surface area contributed by atoms with Crippen molar-refractivity contribution in [2.24, 2.45) is 0 Å². The number of methoxy groups -OCH3 is 1. The summed E-state index contributed by atoms with van der Waals surface area (Å²) in [5.41, 5.74) is 0.0860. The van der Waals surface area contributed by atoms with Crippen LogP contribution in [0.4, 0.5) is 0 Å². The largest absolute Gasteiger partial charge is 0.489 e. The van der Waals surface area contributed by atoms with Crippen molar-refractivity contribution >= 4 is 5.97 Å². The van der Waals surface area contributed by atoms with Gasteiger partial charge in [-0.1, -0.05) is 0 Å². The van der Waals surface area contributed by atoms with Crippen LogP contribution in [0.25, 0.3) is 0 Å². The van der Waals surface area contributed by atoms with Gasteiger partial charge in [0, 0.05) is 13.3 Å². The predicted molar refractivity (Wildman–Crippen MR) is 70.2 cm³/mol. The molecule has 20 heavy (non-hydrogen) atoms. The van der Waals surface area contributed by atoms with E-state index >= 15 is 0 Å². The Morgan fingerprint density at radius 2 is 1.80 bits per heavy atom. The maximum absolute atomic E-state index is 10.9. The zero-order chi connectivity index (χ0) is 14.6. The van der Waals surface area contributed by atoms with Gasteiger partial charge in [0.15, 0.2) is 5.75 Å². The van der Waals surface area contributed by atoms with Crippen molar-refractivity contribution in [3.05, 3.63) is 24.0 Å². The first-order chi connectivity index (χ1) is 9.75. The molecule has 1 N–H and O–H groups in total. The van der Waals surface area contributed by atoms with Crippen molar-refractivity contribution in [2.75, 3.05) is 46.8 Å². The smallest absolute Gasteiger partial charge is 0.339 e. The highest BCUT2D eigenvalue weighted by atomic mass is 16.6. The van der Waals surface area contributed by atoms with E-state index in [0.717, 1.165) is 0 Å². The minimum atomic E-state index is -1.05. The molecule has 0 saturated heterocycles. The molecule has 0 fully saturated rings. The third-order valence-corrected chi connectivity index (χ3v) is 2.30. The van der Waals surface area contributed by atoms with Gasteiger partial charge in [-0.05, 0) is 6.07 Å². The van der Waals surface area contributed by atoms with E-state index in [1.807, 2.05) is 0 Å². The Balaban J connectivity index is 2.11. The van der Waals surface area contributed by atoms with Gasteiger partial charge >= 0.3 is 5.97 Å². The monoisotopic (exact) mass is 285 g/mol. The van der Waals surface area contributed by atoms with Crippen molar-refractivity contribution < 1.29 is 28.8 Å². The number of aromatic nitrogens is 1. The Kier molecular flexibility index (Phi) is 8.28. The lowest BCUT2D eigenvalue weighted by molar-refractivity contribution is 0.0178. The number of hydrogen-bond donors (Lipinski definition) is 1. The molecule has 0 bridgehead atoms. The molecule has 7 heteroatoms. The summed E-state index contributed by atoms with van der Waals surface area (Å²) < 4.78 is 20.6. The molecule has 0 spiro atoms. The van der Waals surface area contributed by atoms with E-state index in [0.29, 0.717) is 33.0 Å². The van der Waals surface area contributed by atoms with Gasteiger partial charge in [-0.15, -0.1) is 0 Å². The molecule has 0 unspecified atom stereocenters. The van der Waals surface area contributed by atoms with Crippen LogP contribution in [0.5, 0.6) is 5.75 Å². The fourth-order valence-electron chi connectivity index (χ4n) is 1.35. The van der Waals surface area contributed by atoms with Crippen LogP contribution in [0.15, 0.2) is 18.5 Å². The molecule has 0 aliphatic heterocycles. The third-order valence-electron chi connectivity index (χ3n) is 2.30. The summed E-state index contributed by atoms with van der Waals surface area (Å²) in [5.74, 6) is -0.810. The van der Waals surface area contributed by atoms with Gasteiger partial charge < -0.3 is 24.1 Å². The van der Waals surface area contributed by atoms with Gasteiger partial charge in [0.05, 0.1) is 39.2 Å². The molecule has 7 nitrogen and oxygen atoms in total. The van der Waals surface area contributed by atoms with Gasteiger partial charge in [0.1, 0.15) is 12.2 Å². The molecule has 1 rings (SSSR count). The summed E-state index contributed by atoms with van der Waals surface area (Å²) in [5, 5.41) is 8.94. The van der Waals surface area contributed by atoms with Crippen molar-refractivity contribution in [3.8, 4) is 5.75 Å². The standard InChI is InChI=1S/C13H19NO6/c1-17-4-5-18-6-7-19-8-9-20-12-10-14-3-2-11(12)13(15)16/h2-3,10H,4-9H2,1H3,(H,15,16). The normalized spacial score (nSPS) is 10.4. The average molecular weight is 285 g/mol. The van der Waals surface area contributed by atoms with Crippen molar-refractivity contribution in [3.63, 3.8) is 0 Å². The number of carboxylic acids is 1. The summed E-state index contributed by atoms with van der Waals surface area (Å²) in [6.07, 6.45) is 2.78. The number of pyridine rings is 1. The third kappa shape index (κ3) is 6.46. The van der Waals surface area contributed by atoms with Crippen LogP contribution in [-0.2, 0) is 14.2 Å². The SMILES string of the molecule is COCCOCCOCCOc1cnccc1C(=O)O. The molecular formula is C13H19NO6. The van der Waals surface area contributed by atoms with Crippen molar-refractivity contribution in [1.29, 1.82) is 0 Å². The van der Waals surface area contributed by atoms with Crippen molar-refractivity contribution in [2.45, 2.75) is 0 Å². The van der Waals surface area contributed by atoms with E-state index < -0.39 is 5.97 Å². The summed E-state index contributed by atoms with van der Waals surface area (Å²) in [4.78, 5) is 14.7. The zero-order valence-corrected chi connectivity index (χ0v) is 11.4. The fourth-order valence-corrected chi connectivity index (χ4v) is 1.35. The molecule has 0 aliphatic rings. The number of hydrogen-bond acceptors (Lipinski definition) is 6. The second-order valence-corrected chi connectivity index (χ2v) is 3.74. The Labute approximate surface area is 117 Å². The molecule has 0 aliphatic carbocycles. The Morgan fingerprint density at radius 1 is 1.15 bits per heavy atom. The van der Waals surface area contributed by atoms with E-state index in [2.05, 4.69) is 4.98 Å². The van der Waals surface area contributed by atoms with Gasteiger partial charge in [0.2, 0.25) is 0 Å². The highest BCUT2D eigenvalue weighted by Crippen LogP contribution is 2.15. The quantitative estimate of drug-likeness (QED) is 0.603. The maximum atomic E-state index is 10.9. The minimum Gasteiger partial charge on any atom is -0.489 e. The van der Waals surface area contributed by atoms with Gasteiger partial charge in [-0.25, -0.2) is 4.79 Å². The number of ether oxygens (including phenoxy) is 4. The molecule has 112 valence electrons. The van der Waals surface area contributed by atoms with Crippen LogP contribution in [0, 0.1) is 0 Å². The van der Waals surface area contributed by atoms with Gasteiger partial charge in [0.25, 0.3) is 0 Å². The number of aromatic carboxylic acids is 1. The van der Waals surface area contributed by atoms with Crippen LogP contribution in [0.3, 0.4) is 0 Å². The van der Waals surface area contributed by atoms with E-state index in [1.54, 1.807) is 7.11 Å². The minimum absolute atomic E-state index is 0.0860. The summed E-state index contributed by atoms with van der Waals surface area (Å²) in [6, 6.07) is 1.39. The predicted octanol–water partition coefficient (Wildman–Crippen LogP) is 0.838. The average Bonchev–Trinajstić information content (AvgIpc) is 2.46. The number of carboxylic acid groups (broad SMARTS) is 1. The molecule has 0 atom stereocenters. The first-order valence-electron chi connectivity index (χ1n) is 6.20. The maximum Gasteiger partial charge on any atom is 0.339 e. The Bertz CT molecular complexity index is 398. The second kappa shape index (κ2) is 10.1. The van der Waals surface area contributed by atoms with E-state index in [1.165, 1.54) is 18.5 Å². The molecule has 0 aromatic carbocycles. The van der Waals surface area contributed by atoms with Crippen LogP contribution >= 0.6 is 0 Å². The van der Waals surface area contributed by atoms with Crippen LogP contribution < -0.4 is 4.74 Å². The lowest BCUT2D eigenvalue weighted by Crippen LogP contribution is -2.13. The van der Waals surface area contributed by atoms with Gasteiger partial charge in [-0.3, -0.25) is 4.98 Å². The number of rotatable bonds is 11. The molecule has 1 aromatic rings. The highest BCUT2D eigenvalue weighted by molar-refractivity contribution is 5.90.